The fourth-order valence-electron chi connectivity index (χ4n) is 1.80. The highest BCUT2D eigenvalue weighted by Gasteiger charge is 2.33. The van der Waals surface area contributed by atoms with Gasteiger partial charge in [-0.05, 0) is 32.9 Å². The van der Waals surface area contributed by atoms with Gasteiger partial charge in [-0.1, -0.05) is 6.08 Å². The van der Waals surface area contributed by atoms with E-state index in [2.05, 4.69) is 0 Å². The predicted molar refractivity (Wildman–Crippen MR) is 59.5 cm³/mol. The number of hydrogen-bond donors (Lipinski definition) is 1. The van der Waals surface area contributed by atoms with E-state index in [1.54, 1.807) is 0 Å². The maximum Gasteiger partial charge on any atom is 0.117 e. The monoisotopic (exact) mass is 212 g/mol. The number of aliphatic hydroxyl groups is 1. The minimum atomic E-state index is -0.456. The lowest BCUT2D eigenvalue weighted by molar-refractivity contribution is -0.0355. The van der Waals surface area contributed by atoms with Gasteiger partial charge in [0.25, 0.3) is 0 Å². The molecule has 0 heterocycles. The zero-order valence-electron chi connectivity index (χ0n) is 9.69. The average Bonchev–Trinajstić information content (AvgIpc) is 2.18. The van der Waals surface area contributed by atoms with Crippen LogP contribution in [-0.2, 0) is 9.47 Å². The van der Waals surface area contributed by atoms with Gasteiger partial charge in [0.05, 0.1) is 18.8 Å². The summed E-state index contributed by atoms with van der Waals surface area (Å²) in [6.45, 7) is 7.22. The quantitative estimate of drug-likeness (QED) is 0.756. The van der Waals surface area contributed by atoms with E-state index in [-0.39, 0.29) is 12.5 Å². The Morgan fingerprint density at radius 1 is 1.40 bits per heavy atom. The van der Waals surface area contributed by atoms with Crippen molar-refractivity contribution < 1.29 is 14.6 Å². The molecule has 0 saturated heterocycles. The van der Waals surface area contributed by atoms with Gasteiger partial charge in [0.1, 0.15) is 5.76 Å². The van der Waals surface area contributed by atoms with Gasteiger partial charge in [0, 0.05) is 12.5 Å². The molecule has 1 rings (SSSR count). The highest BCUT2D eigenvalue weighted by Crippen LogP contribution is 2.30. The van der Waals surface area contributed by atoms with Crippen molar-refractivity contribution in [2.45, 2.75) is 26.4 Å². The maximum absolute atomic E-state index is 9.27. The zero-order valence-corrected chi connectivity index (χ0v) is 9.69. The Labute approximate surface area is 91.4 Å². The fraction of sp³-hybridized carbons (Fsp3) is 0.667. The van der Waals surface area contributed by atoms with Crippen LogP contribution in [-0.4, -0.2) is 30.5 Å². The third kappa shape index (κ3) is 2.83. The van der Waals surface area contributed by atoms with E-state index in [4.69, 9.17) is 9.47 Å². The Balaban J connectivity index is 2.83. The van der Waals surface area contributed by atoms with Crippen molar-refractivity contribution in [3.63, 3.8) is 0 Å². The number of hydrogen-bond acceptors (Lipinski definition) is 3. The average molecular weight is 212 g/mol. The molecule has 0 amide bonds. The molecule has 15 heavy (non-hydrogen) atoms. The predicted octanol–water partition coefficient (Wildman–Crippen LogP) is 1.88. The van der Waals surface area contributed by atoms with E-state index in [0.717, 1.165) is 5.76 Å². The molecular weight excluding hydrogens is 192 g/mol. The molecule has 0 unspecified atom stereocenters. The highest BCUT2D eigenvalue weighted by molar-refractivity contribution is 5.26. The van der Waals surface area contributed by atoms with Crippen LogP contribution < -0.4 is 0 Å². The Hall–Kier alpha value is -0.800. The molecule has 0 aromatic rings. The van der Waals surface area contributed by atoms with E-state index in [1.807, 2.05) is 39.0 Å². The number of ether oxygens (including phenoxy) is 2. The van der Waals surface area contributed by atoms with Crippen molar-refractivity contribution in [1.82, 2.24) is 0 Å². The van der Waals surface area contributed by atoms with Crippen LogP contribution in [0.2, 0.25) is 0 Å². The molecule has 0 saturated carbocycles. The van der Waals surface area contributed by atoms with Crippen molar-refractivity contribution >= 4 is 0 Å². The third-order valence-electron chi connectivity index (χ3n) is 2.62. The van der Waals surface area contributed by atoms with Crippen molar-refractivity contribution in [3.8, 4) is 0 Å². The van der Waals surface area contributed by atoms with Gasteiger partial charge in [-0.2, -0.15) is 0 Å². The molecule has 0 fully saturated rings. The summed E-state index contributed by atoms with van der Waals surface area (Å²) >= 11 is 0. The highest BCUT2D eigenvalue weighted by atomic mass is 16.5. The zero-order chi connectivity index (χ0) is 11.3. The molecule has 86 valence electrons. The van der Waals surface area contributed by atoms with Crippen LogP contribution >= 0.6 is 0 Å². The molecule has 0 aromatic carbocycles. The van der Waals surface area contributed by atoms with Crippen LogP contribution in [0.5, 0.6) is 0 Å². The molecule has 0 bridgehead atoms. The first-order valence-electron chi connectivity index (χ1n) is 5.45. The summed E-state index contributed by atoms with van der Waals surface area (Å²) in [7, 11) is 0. The maximum atomic E-state index is 9.27. The fourth-order valence-corrected chi connectivity index (χ4v) is 1.80. The first kappa shape index (κ1) is 12.3. The molecule has 3 nitrogen and oxygen atoms in total. The molecule has 1 N–H and O–H groups in total. The molecule has 0 radical (unpaired) electrons. The summed E-state index contributed by atoms with van der Waals surface area (Å²) in [4.78, 5) is 0. The molecule has 0 aromatic heterocycles. The van der Waals surface area contributed by atoms with Gasteiger partial charge in [-0.25, -0.2) is 0 Å². The largest absolute Gasteiger partial charge is 0.494 e. The van der Waals surface area contributed by atoms with Crippen LogP contribution in [0.4, 0.5) is 0 Å². The second-order valence-corrected chi connectivity index (χ2v) is 3.74. The van der Waals surface area contributed by atoms with E-state index in [1.165, 1.54) is 0 Å². The van der Waals surface area contributed by atoms with E-state index in [0.29, 0.717) is 13.2 Å². The topological polar surface area (TPSA) is 38.7 Å². The summed E-state index contributed by atoms with van der Waals surface area (Å²) in [6.07, 6.45) is 5.78. The third-order valence-corrected chi connectivity index (χ3v) is 2.62. The lowest BCUT2D eigenvalue weighted by atomic mass is 9.85. The first-order chi connectivity index (χ1) is 7.16. The van der Waals surface area contributed by atoms with Gasteiger partial charge < -0.3 is 14.6 Å². The molecule has 3 heteroatoms. The summed E-state index contributed by atoms with van der Waals surface area (Å²) in [5.41, 5.74) is -0.456. The lowest BCUT2D eigenvalue weighted by Crippen LogP contribution is -2.39. The second kappa shape index (κ2) is 5.33. The molecule has 0 aliphatic heterocycles. The van der Waals surface area contributed by atoms with Crippen LogP contribution in [0.1, 0.15) is 20.8 Å². The molecule has 0 spiro atoms. The molecule has 1 aliphatic carbocycles. The summed E-state index contributed by atoms with van der Waals surface area (Å²) in [5, 5.41) is 9.27. The smallest absolute Gasteiger partial charge is 0.117 e. The van der Waals surface area contributed by atoms with Crippen molar-refractivity contribution in [1.29, 1.82) is 0 Å². The van der Waals surface area contributed by atoms with E-state index < -0.39 is 5.60 Å². The first-order valence-corrected chi connectivity index (χ1v) is 5.45. The SMILES string of the molecule is CCOC1=C[C@@](C)(OCC)[C@@H](CO)C=C1. The normalized spacial score (nSPS) is 30.1. The van der Waals surface area contributed by atoms with Gasteiger partial charge in [0.2, 0.25) is 0 Å². The Morgan fingerprint density at radius 2 is 2.13 bits per heavy atom. The molecule has 2 atom stereocenters. The Morgan fingerprint density at radius 3 is 2.67 bits per heavy atom. The van der Waals surface area contributed by atoms with Gasteiger partial charge >= 0.3 is 0 Å². The van der Waals surface area contributed by atoms with E-state index >= 15 is 0 Å². The van der Waals surface area contributed by atoms with Gasteiger partial charge in [-0.3, -0.25) is 0 Å². The van der Waals surface area contributed by atoms with Crippen LogP contribution in [0, 0.1) is 5.92 Å². The van der Waals surface area contributed by atoms with Crippen molar-refractivity contribution in [3.05, 3.63) is 24.0 Å². The van der Waals surface area contributed by atoms with Crippen LogP contribution in [0.3, 0.4) is 0 Å². The lowest BCUT2D eigenvalue weighted by Gasteiger charge is -2.34. The van der Waals surface area contributed by atoms with Crippen LogP contribution in [0.15, 0.2) is 24.0 Å². The van der Waals surface area contributed by atoms with Gasteiger partial charge in [0.15, 0.2) is 0 Å². The van der Waals surface area contributed by atoms with Crippen molar-refractivity contribution in [2.75, 3.05) is 19.8 Å². The number of aliphatic hydroxyl groups excluding tert-OH is 1. The number of rotatable bonds is 5. The van der Waals surface area contributed by atoms with E-state index in [9.17, 15) is 5.11 Å². The Bertz CT molecular complexity index is 258. The standard InChI is InChI=1S/C12H20O3/c1-4-14-11-7-6-10(9-13)12(3,8-11)15-5-2/h6-8,10,13H,4-5,9H2,1-3H3/t10-,12-/m1/s1. The number of allylic oxidation sites excluding steroid dienone is 1. The van der Waals surface area contributed by atoms with Gasteiger partial charge in [-0.15, -0.1) is 0 Å². The minimum absolute atomic E-state index is 0.00153. The molecular formula is C12H20O3. The second-order valence-electron chi connectivity index (χ2n) is 3.74. The molecule has 1 aliphatic rings. The summed E-state index contributed by atoms with van der Waals surface area (Å²) < 4.78 is 11.1. The van der Waals surface area contributed by atoms with Crippen LogP contribution in [0.25, 0.3) is 0 Å². The van der Waals surface area contributed by atoms with Crippen molar-refractivity contribution in [2.24, 2.45) is 5.92 Å². The minimum Gasteiger partial charge on any atom is -0.494 e. The Kier molecular flexibility index (Phi) is 4.36. The summed E-state index contributed by atoms with van der Waals surface area (Å²) in [6, 6.07) is 0. The summed E-state index contributed by atoms with van der Waals surface area (Å²) in [5.74, 6) is 0.819.